The van der Waals surface area contributed by atoms with Gasteiger partial charge in [-0.3, -0.25) is 4.79 Å². The first-order valence-electron chi connectivity index (χ1n) is 6.26. The molecule has 0 aliphatic rings. The first-order valence-corrected chi connectivity index (χ1v) is 6.64. The highest BCUT2D eigenvalue weighted by Gasteiger charge is 2.10. The Morgan fingerprint density at radius 1 is 1.10 bits per heavy atom. The molecule has 21 heavy (non-hydrogen) atoms. The number of nitrogens with zero attached hydrogens (tertiary/aromatic N) is 3. The maximum atomic E-state index is 12.1. The van der Waals surface area contributed by atoms with Gasteiger partial charge in [-0.15, -0.1) is 0 Å². The molecular formula is C15H11ClN4O. The van der Waals surface area contributed by atoms with Crippen molar-refractivity contribution in [2.75, 3.05) is 5.32 Å². The van der Waals surface area contributed by atoms with E-state index in [2.05, 4.69) is 15.4 Å². The number of hydrogen-bond acceptors (Lipinski definition) is 3. The average Bonchev–Trinajstić information content (AvgIpc) is 2.98. The number of para-hydroxylation sites is 1. The summed E-state index contributed by atoms with van der Waals surface area (Å²) in [6.07, 6.45) is 3.17. The molecule has 3 aromatic rings. The number of carbonyl (C=O) groups excluding carboxylic acids is 1. The van der Waals surface area contributed by atoms with Gasteiger partial charge in [-0.25, -0.2) is 9.67 Å². The van der Waals surface area contributed by atoms with Gasteiger partial charge in [-0.1, -0.05) is 35.9 Å². The maximum absolute atomic E-state index is 12.1. The molecule has 0 unspecified atom stereocenters. The van der Waals surface area contributed by atoms with E-state index in [0.29, 0.717) is 16.5 Å². The fourth-order valence-electron chi connectivity index (χ4n) is 1.83. The van der Waals surface area contributed by atoms with Gasteiger partial charge in [-0.05, 0) is 24.3 Å². The summed E-state index contributed by atoms with van der Waals surface area (Å²) >= 11 is 5.78. The fraction of sp³-hybridized carbons (Fsp3) is 0. The third kappa shape index (κ3) is 3.09. The molecule has 0 fully saturated rings. The smallest absolute Gasteiger partial charge is 0.260 e. The number of hydrogen-bond donors (Lipinski definition) is 1. The summed E-state index contributed by atoms with van der Waals surface area (Å²) in [5, 5.41) is 7.18. The molecule has 0 radical (unpaired) electrons. The maximum Gasteiger partial charge on any atom is 0.260 e. The quantitative estimate of drug-likeness (QED) is 0.756. The molecule has 0 aliphatic carbocycles. The van der Waals surface area contributed by atoms with E-state index in [-0.39, 0.29) is 5.91 Å². The minimum Gasteiger partial charge on any atom is -0.306 e. The van der Waals surface area contributed by atoms with Crippen LogP contribution in [0.5, 0.6) is 0 Å². The van der Waals surface area contributed by atoms with Crippen LogP contribution in [0.1, 0.15) is 10.4 Å². The van der Waals surface area contributed by atoms with Crippen LogP contribution < -0.4 is 5.32 Å². The Morgan fingerprint density at radius 3 is 2.67 bits per heavy atom. The largest absolute Gasteiger partial charge is 0.306 e. The van der Waals surface area contributed by atoms with E-state index in [4.69, 9.17) is 11.6 Å². The molecular weight excluding hydrogens is 288 g/mol. The molecule has 0 atom stereocenters. The van der Waals surface area contributed by atoms with Gasteiger partial charge in [0.25, 0.3) is 5.91 Å². The Labute approximate surface area is 126 Å². The number of rotatable bonds is 3. The van der Waals surface area contributed by atoms with E-state index in [1.54, 1.807) is 29.1 Å². The Balaban J connectivity index is 1.78. The number of nitrogens with one attached hydrogen (secondary N) is 1. The Morgan fingerprint density at radius 2 is 1.90 bits per heavy atom. The zero-order valence-electron chi connectivity index (χ0n) is 10.9. The lowest BCUT2D eigenvalue weighted by molar-refractivity contribution is 0.102. The van der Waals surface area contributed by atoms with E-state index < -0.39 is 0 Å². The molecule has 6 heteroatoms. The highest BCUT2D eigenvalue weighted by Crippen LogP contribution is 2.12. The predicted octanol–water partition coefficient (Wildman–Crippen LogP) is 3.17. The topological polar surface area (TPSA) is 59.8 Å². The summed E-state index contributed by atoms with van der Waals surface area (Å²) in [7, 11) is 0. The molecule has 0 spiro atoms. The summed E-state index contributed by atoms with van der Waals surface area (Å²) in [6.45, 7) is 0. The molecule has 3 rings (SSSR count). The van der Waals surface area contributed by atoms with Crippen molar-refractivity contribution in [2.45, 2.75) is 0 Å². The molecule has 1 amide bonds. The van der Waals surface area contributed by atoms with Crippen LogP contribution in [-0.4, -0.2) is 20.7 Å². The highest BCUT2D eigenvalue weighted by atomic mass is 35.5. The van der Waals surface area contributed by atoms with E-state index in [0.717, 1.165) is 5.69 Å². The van der Waals surface area contributed by atoms with Crippen LogP contribution >= 0.6 is 11.6 Å². The number of amides is 1. The SMILES string of the molecule is O=C(Nc1cccc(Cl)n1)c1cnn(-c2ccccc2)c1. The van der Waals surface area contributed by atoms with Crippen LogP contribution in [0.15, 0.2) is 60.9 Å². The molecule has 0 saturated heterocycles. The van der Waals surface area contributed by atoms with Gasteiger partial charge in [0.2, 0.25) is 0 Å². The predicted molar refractivity (Wildman–Crippen MR) is 80.8 cm³/mol. The number of benzene rings is 1. The van der Waals surface area contributed by atoms with Crippen molar-refractivity contribution in [1.29, 1.82) is 0 Å². The van der Waals surface area contributed by atoms with Crippen LogP contribution in [0.3, 0.4) is 0 Å². The average molecular weight is 299 g/mol. The number of pyridine rings is 1. The van der Waals surface area contributed by atoms with Crippen LogP contribution in [-0.2, 0) is 0 Å². The van der Waals surface area contributed by atoms with Crippen LogP contribution in [0, 0.1) is 0 Å². The van der Waals surface area contributed by atoms with Crippen molar-refractivity contribution in [3.63, 3.8) is 0 Å². The van der Waals surface area contributed by atoms with E-state index in [1.807, 2.05) is 30.3 Å². The lowest BCUT2D eigenvalue weighted by Gasteiger charge is -2.02. The second kappa shape index (κ2) is 5.76. The second-order valence-electron chi connectivity index (χ2n) is 4.31. The lowest BCUT2D eigenvalue weighted by atomic mass is 10.3. The van der Waals surface area contributed by atoms with Crippen molar-refractivity contribution in [1.82, 2.24) is 14.8 Å². The van der Waals surface area contributed by atoms with Crippen molar-refractivity contribution >= 4 is 23.3 Å². The van der Waals surface area contributed by atoms with Crippen LogP contribution in [0.25, 0.3) is 5.69 Å². The minimum atomic E-state index is -0.285. The molecule has 2 heterocycles. The van der Waals surface area contributed by atoms with Crippen molar-refractivity contribution < 1.29 is 4.79 Å². The normalized spacial score (nSPS) is 10.3. The van der Waals surface area contributed by atoms with Gasteiger partial charge >= 0.3 is 0 Å². The Bertz CT molecular complexity index is 770. The first-order chi connectivity index (χ1) is 10.2. The van der Waals surface area contributed by atoms with E-state index in [1.165, 1.54) is 6.20 Å². The third-order valence-electron chi connectivity index (χ3n) is 2.82. The van der Waals surface area contributed by atoms with Crippen LogP contribution in [0.4, 0.5) is 5.82 Å². The first kappa shape index (κ1) is 13.3. The Hall–Kier alpha value is -2.66. The van der Waals surface area contributed by atoms with Crippen molar-refractivity contribution in [3.05, 3.63) is 71.6 Å². The van der Waals surface area contributed by atoms with Gasteiger partial charge in [0.05, 0.1) is 17.4 Å². The van der Waals surface area contributed by atoms with E-state index >= 15 is 0 Å². The van der Waals surface area contributed by atoms with Gasteiger partial charge in [-0.2, -0.15) is 5.10 Å². The number of carbonyl (C=O) groups is 1. The van der Waals surface area contributed by atoms with Gasteiger partial charge < -0.3 is 5.32 Å². The number of halogens is 1. The molecule has 0 bridgehead atoms. The molecule has 104 valence electrons. The lowest BCUT2D eigenvalue weighted by Crippen LogP contribution is -2.12. The Kier molecular flexibility index (Phi) is 3.66. The third-order valence-corrected chi connectivity index (χ3v) is 3.03. The molecule has 5 nitrogen and oxygen atoms in total. The fourth-order valence-corrected chi connectivity index (χ4v) is 1.99. The summed E-state index contributed by atoms with van der Waals surface area (Å²) < 4.78 is 1.64. The molecule has 0 saturated carbocycles. The number of aromatic nitrogens is 3. The molecule has 1 aromatic carbocycles. The van der Waals surface area contributed by atoms with Crippen molar-refractivity contribution in [2.24, 2.45) is 0 Å². The van der Waals surface area contributed by atoms with Gasteiger partial charge in [0, 0.05) is 6.20 Å². The minimum absolute atomic E-state index is 0.285. The van der Waals surface area contributed by atoms with E-state index in [9.17, 15) is 4.79 Å². The van der Waals surface area contributed by atoms with Crippen molar-refractivity contribution in [3.8, 4) is 5.69 Å². The molecule has 2 aromatic heterocycles. The molecule has 0 aliphatic heterocycles. The summed E-state index contributed by atoms with van der Waals surface area (Å²) in [6, 6.07) is 14.6. The summed E-state index contributed by atoms with van der Waals surface area (Å²) in [4.78, 5) is 16.1. The van der Waals surface area contributed by atoms with Gasteiger partial charge in [0.15, 0.2) is 0 Å². The van der Waals surface area contributed by atoms with Gasteiger partial charge in [0.1, 0.15) is 11.0 Å². The monoisotopic (exact) mass is 298 g/mol. The zero-order valence-corrected chi connectivity index (χ0v) is 11.7. The standard InChI is InChI=1S/C15H11ClN4O/c16-13-7-4-8-14(18-13)19-15(21)11-9-17-20(10-11)12-5-2-1-3-6-12/h1-10H,(H,18,19,21). The molecule has 1 N–H and O–H groups in total. The van der Waals surface area contributed by atoms with Crippen LogP contribution in [0.2, 0.25) is 5.15 Å². The zero-order chi connectivity index (χ0) is 14.7. The second-order valence-corrected chi connectivity index (χ2v) is 4.70. The summed E-state index contributed by atoms with van der Waals surface area (Å²) in [5.74, 6) is 0.118. The highest BCUT2D eigenvalue weighted by molar-refractivity contribution is 6.29. The number of anilines is 1. The summed E-state index contributed by atoms with van der Waals surface area (Å²) in [5.41, 5.74) is 1.33.